The smallest absolute Gasteiger partial charge is 0.135 e. The number of hydrogen-bond donors (Lipinski definition) is 0. The molecular formula is C18H14N4. The summed E-state index contributed by atoms with van der Waals surface area (Å²) >= 11 is 0. The summed E-state index contributed by atoms with van der Waals surface area (Å²) in [5, 5.41) is 17.2. The van der Waals surface area contributed by atoms with E-state index in [0.29, 0.717) is 0 Å². The van der Waals surface area contributed by atoms with E-state index in [4.69, 9.17) is 0 Å². The van der Waals surface area contributed by atoms with Gasteiger partial charge >= 0.3 is 0 Å². The molecule has 0 spiro atoms. The van der Waals surface area contributed by atoms with E-state index >= 15 is 0 Å². The van der Waals surface area contributed by atoms with E-state index in [-0.39, 0.29) is 12.1 Å². The van der Waals surface area contributed by atoms with Crippen molar-refractivity contribution in [1.82, 2.24) is 0 Å². The second-order valence-electron chi connectivity index (χ2n) is 5.24. The molecule has 2 heterocycles. The molecule has 0 aromatic heterocycles. The number of hydrogen-bond acceptors (Lipinski definition) is 4. The summed E-state index contributed by atoms with van der Waals surface area (Å²) in [6.45, 7) is 0. The third-order valence-corrected chi connectivity index (χ3v) is 3.75. The maximum atomic E-state index is 4.33. The topological polar surface area (TPSA) is 49.4 Å². The lowest BCUT2D eigenvalue weighted by Crippen LogP contribution is -1.98. The molecule has 0 saturated carbocycles. The molecule has 0 aliphatic carbocycles. The van der Waals surface area contributed by atoms with Crippen LogP contribution in [0.15, 0.2) is 99.0 Å². The fourth-order valence-corrected chi connectivity index (χ4v) is 2.58. The normalized spacial score (nSPS) is 22.7. The summed E-state index contributed by atoms with van der Waals surface area (Å²) in [6, 6.07) is 20.1. The molecule has 0 radical (unpaired) electrons. The molecule has 2 aliphatic rings. The van der Waals surface area contributed by atoms with Crippen molar-refractivity contribution in [2.45, 2.75) is 12.1 Å². The first-order valence-electron chi connectivity index (χ1n) is 7.26. The zero-order chi connectivity index (χ0) is 14.8. The molecule has 0 N–H and O–H groups in total. The van der Waals surface area contributed by atoms with Gasteiger partial charge in [0, 0.05) is 5.56 Å². The number of nitrogens with zero attached hydrogens (tertiary/aromatic N) is 4. The quantitative estimate of drug-likeness (QED) is 0.766. The first-order chi connectivity index (χ1) is 10.9. The van der Waals surface area contributed by atoms with Crippen molar-refractivity contribution in [3.8, 4) is 0 Å². The van der Waals surface area contributed by atoms with E-state index < -0.39 is 0 Å². The number of benzene rings is 2. The Morgan fingerprint density at radius 1 is 0.636 bits per heavy atom. The van der Waals surface area contributed by atoms with Crippen LogP contribution in [-0.4, -0.2) is 6.04 Å². The molecule has 0 saturated heterocycles. The zero-order valence-corrected chi connectivity index (χ0v) is 11.9. The van der Waals surface area contributed by atoms with Gasteiger partial charge in [0.1, 0.15) is 12.1 Å². The van der Waals surface area contributed by atoms with Crippen molar-refractivity contribution < 1.29 is 0 Å². The molecule has 0 amide bonds. The summed E-state index contributed by atoms with van der Waals surface area (Å²) in [5.41, 5.74) is 3.97. The van der Waals surface area contributed by atoms with Crippen LogP contribution in [0.25, 0.3) is 5.70 Å². The van der Waals surface area contributed by atoms with E-state index in [1.807, 2.05) is 54.6 Å². The maximum absolute atomic E-state index is 4.33. The Kier molecular flexibility index (Phi) is 3.20. The van der Waals surface area contributed by atoms with Crippen LogP contribution < -0.4 is 0 Å². The fraction of sp³-hybridized carbons (Fsp3) is 0.111. The lowest BCUT2D eigenvalue weighted by atomic mass is 10.1. The Bertz CT molecular complexity index is 788. The molecule has 4 heteroatoms. The molecule has 2 atom stereocenters. The molecule has 0 bridgehead atoms. The molecule has 4 nitrogen and oxygen atoms in total. The van der Waals surface area contributed by atoms with Gasteiger partial charge in [-0.05, 0) is 17.7 Å². The Labute approximate surface area is 128 Å². The fourth-order valence-electron chi connectivity index (χ4n) is 2.58. The lowest BCUT2D eigenvalue weighted by molar-refractivity contribution is 0.863. The van der Waals surface area contributed by atoms with Gasteiger partial charge in [-0.2, -0.15) is 20.5 Å². The van der Waals surface area contributed by atoms with E-state index in [9.17, 15) is 0 Å². The molecule has 106 valence electrons. The van der Waals surface area contributed by atoms with Crippen molar-refractivity contribution in [3.63, 3.8) is 0 Å². The number of rotatable bonds is 3. The van der Waals surface area contributed by atoms with Crippen LogP contribution in [0.3, 0.4) is 0 Å². The highest BCUT2D eigenvalue weighted by molar-refractivity contribution is 5.66. The summed E-state index contributed by atoms with van der Waals surface area (Å²) in [4.78, 5) is 0. The summed E-state index contributed by atoms with van der Waals surface area (Å²) in [7, 11) is 0. The van der Waals surface area contributed by atoms with Gasteiger partial charge in [0.05, 0.1) is 11.4 Å². The first-order valence-corrected chi connectivity index (χ1v) is 7.26. The van der Waals surface area contributed by atoms with Crippen LogP contribution in [0.2, 0.25) is 0 Å². The second-order valence-corrected chi connectivity index (χ2v) is 5.24. The van der Waals surface area contributed by atoms with E-state index in [0.717, 1.165) is 22.5 Å². The summed E-state index contributed by atoms with van der Waals surface area (Å²) in [5.74, 6) is 0. The monoisotopic (exact) mass is 286 g/mol. The van der Waals surface area contributed by atoms with Gasteiger partial charge in [-0.15, -0.1) is 0 Å². The van der Waals surface area contributed by atoms with Gasteiger partial charge in [0.25, 0.3) is 0 Å². The Balaban J connectivity index is 1.57. The Morgan fingerprint density at radius 2 is 1.32 bits per heavy atom. The van der Waals surface area contributed by atoms with Crippen molar-refractivity contribution in [2.24, 2.45) is 20.5 Å². The van der Waals surface area contributed by atoms with Gasteiger partial charge < -0.3 is 0 Å². The summed E-state index contributed by atoms with van der Waals surface area (Å²) < 4.78 is 0. The van der Waals surface area contributed by atoms with Gasteiger partial charge in [-0.1, -0.05) is 60.7 Å². The van der Waals surface area contributed by atoms with Gasteiger partial charge in [-0.25, -0.2) is 0 Å². The van der Waals surface area contributed by atoms with Crippen LogP contribution in [0.4, 0.5) is 0 Å². The van der Waals surface area contributed by atoms with Crippen LogP contribution >= 0.6 is 0 Å². The molecule has 0 fully saturated rings. The van der Waals surface area contributed by atoms with Gasteiger partial charge in [0.15, 0.2) is 0 Å². The minimum atomic E-state index is -0.132. The van der Waals surface area contributed by atoms with Crippen molar-refractivity contribution >= 4 is 5.70 Å². The molecule has 2 aliphatic heterocycles. The van der Waals surface area contributed by atoms with E-state index in [1.54, 1.807) is 0 Å². The third kappa shape index (κ3) is 2.39. The minimum absolute atomic E-state index is 0.0134. The Hall–Kier alpha value is -2.88. The lowest BCUT2D eigenvalue weighted by Gasteiger charge is -2.02. The zero-order valence-electron chi connectivity index (χ0n) is 11.9. The first kappa shape index (κ1) is 12.8. The summed E-state index contributed by atoms with van der Waals surface area (Å²) in [6.07, 6.45) is 4.09. The molecular weight excluding hydrogens is 272 g/mol. The van der Waals surface area contributed by atoms with Crippen molar-refractivity contribution in [3.05, 3.63) is 89.6 Å². The van der Waals surface area contributed by atoms with Crippen LogP contribution in [-0.2, 0) is 0 Å². The highest BCUT2D eigenvalue weighted by Crippen LogP contribution is 2.33. The average molecular weight is 286 g/mol. The van der Waals surface area contributed by atoms with Crippen LogP contribution in [0, 0.1) is 0 Å². The second kappa shape index (κ2) is 5.48. The standard InChI is InChI=1S/C18H14N4/c1-3-7-13(8-4-1)15-11-17(21-19-15)18-12-16(20-22-18)14-9-5-2-6-10-14/h1-12,15,18H/t15-,18-/m1/s1. The van der Waals surface area contributed by atoms with Crippen molar-refractivity contribution in [1.29, 1.82) is 0 Å². The molecule has 2 aromatic rings. The van der Waals surface area contributed by atoms with Crippen molar-refractivity contribution in [2.75, 3.05) is 0 Å². The van der Waals surface area contributed by atoms with E-state index in [1.165, 1.54) is 0 Å². The Morgan fingerprint density at radius 3 is 2.09 bits per heavy atom. The minimum Gasteiger partial charge on any atom is -0.176 e. The highest BCUT2D eigenvalue weighted by atomic mass is 15.2. The highest BCUT2D eigenvalue weighted by Gasteiger charge is 2.23. The third-order valence-electron chi connectivity index (χ3n) is 3.75. The van der Waals surface area contributed by atoms with Gasteiger partial charge in [0.2, 0.25) is 0 Å². The maximum Gasteiger partial charge on any atom is 0.135 e. The van der Waals surface area contributed by atoms with Crippen LogP contribution in [0.5, 0.6) is 0 Å². The number of azo groups is 2. The van der Waals surface area contributed by atoms with Gasteiger partial charge in [-0.3, -0.25) is 0 Å². The average Bonchev–Trinajstić information content (AvgIpc) is 3.26. The van der Waals surface area contributed by atoms with Crippen LogP contribution in [0.1, 0.15) is 17.2 Å². The predicted molar refractivity (Wildman–Crippen MR) is 85.2 cm³/mol. The molecule has 4 rings (SSSR count). The largest absolute Gasteiger partial charge is 0.176 e. The SMILES string of the molecule is C1=C(c2ccccc2)N=N[C@H]1C1=C[C@H](c2ccccc2)N=N1. The molecule has 2 aromatic carbocycles. The molecule has 0 unspecified atom stereocenters. The predicted octanol–water partition coefficient (Wildman–Crippen LogP) is 4.95. The van der Waals surface area contributed by atoms with E-state index in [2.05, 4.69) is 38.7 Å². The molecule has 22 heavy (non-hydrogen) atoms.